The second kappa shape index (κ2) is 4.68. The summed E-state index contributed by atoms with van der Waals surface area (Å²) in [7, 11) is 0. The number of aromatic nitrogens is 2. The van der Waals surface area contributed by atoms with Gasteiger partial charge >= 0.3 is 0 Å². The van der Waals surface area contributed by atoms with Crippen LogP contribution in [0.3, 0.4) is 0 Å². The molecule has 0 saturated carbocycles. The first-order valence-corrected chi connectivity index (χ1v) is 5.97. The minimum absolute atomic E-state index is 0.216. The van der Waals surface area contributed by atoms with Gasteiger partial charge in [-0.15, -0.1) is 0 Å². The van der Waals surface area contributed by atoms with Gasteiger partial charge in [0.2, 0.25) is 5.91 Å². The predicted octanol–water partition coefficient (Wildman–Crippen LogP) is 2.12. The van der Waals surface area contributed by atoms with Crippen molar-refractivity contribution in [2.75, 3.05) is 6.54 Å². The average Bonchev–Trinajstić information content (AvgIpc) is 2.87. The molecule has 2 heterocycles. The van der Waals surface area contributed by atoms with Crippen molar-refractivity contribution in [3.63, 3.8) is 0 Å². The monoisotopic (exact) mass is 221 g/mol. The van der Waals surface area contributed by atoms with Crippen molar-refractivity contribution in [1.29, 1.82) is 0 Å². The molecular formula is C12H19N3O. The first-order chi connectivity index (χ1) is 7.68. The molecule has 0 aliphatic carbocycles. The van der Waals surface area contributed by atoms with Crippen molar-refractivity contribution in [3.8, 4) is 0 Å². The first kappa shape index (κ1) is 11.2. The number of carbonyl (C=O) groups is 1. The lowest BCUT2D eigenvalue weighted by Gasteiger charge is -2.24. The number of nitrogens with zero attached hydrogens (tertiary/aromatic N) is 2. The number of rotatable bonds is 3. The second-order valence-corrected chi connectivity index (χ2v) is 4.86. The van der Waals surface area contributed by atoms with Gasteiger partial charge in [0, 0.05) is 19.2 Å². The molecule has 1 unspecified atom stereocenters. The Labute approximate surface area is 96.0 Å². The van der Waals surface area contributed by atoms with Crippen LogP contribution in [0.1, 0.15) is 44.8 Å². The predicted molar refractivity (Wildman–Crippen MR) is 61.7 cm³/mol. The largest absolute Gasteiger partial charge is 0.334 e. The highest BCUT2D eigenvalue weighted by atomic mass is 16.2. The summed E-state index contributed by atoms with van der Waals surface area (Å²) < 4.78 is 0. The lowest BCUT2D eigenvalue weighted by atomic mass is 10.1. The molecular weight excluding hydrogens is 202 g/mol. The molecule has 1 aromatic heterocycles. The number of H-pyrrole nitrogens is 1. The van der Waals surface area contributed by atoms with Crippen molar-refractivity contribution in [2.45, 2.75) is 39.2 Å². The van der Waals surface area contributed by atoms with E-state index in [4.69, 9.17) is 0 Å². The molecule has 0 aromatic carbocycles. The molecule has 1 saturated heterocycles. The summed E-state index contributed by atoms with van der Waals surface area (Å²) in [4.78, 5) is 14.0. The maximum atomic E-state index is 12.1. The molecule has 1 fully saturated rings. The lowest BCUT2D eigenvalue weighted by Crippen LogP contribution is -2.31. The molecule has 88 valence electrons. The Balaban J connectivity index is 2.06. The number of amides is 1. The van der Waals surface area contributed by atoms with Gasteiger partial charge in [-0.25, -0.2) is 0 Å². The van der Waals surface area contributed by atoms with E-state index in [2.05, 4.69) is 24.0 Å². The van der Waals surface area contributed by atoms with Crippen LogP contribution in [0.25, 0.3) is 0 Å². The number of likely N-dealkylation sites (tertiary alicyclic amines) is 1. The number of nitrogens with one attached hydrogen (secondary N) is 1. The quantitative estimate of drug-likeness (QED) is 0.850. The van der Waals surface area contributed by atoms with Crippen LogP contribution in [-0.2, 0) is 4.79 Å². The van der Waals surface area contributed by atoms with Gasteiger partial charge in [-0.1, -0.05) is 13.8 Å². The van der Waals surface area contributed by atoms with Crippen molar-refractivity contribution < 1.29 is 4.79 Å². The summed E-state index contributed by atoms with van der Waals surface area (Å²) in [6.45, 7) is 5.05. The zero-order valence-corrected chi connectivity index (χ0v) is 9.94. The zero-order chi connectivity index (χ0) is 11.5. The molecule has 1 aromatic rings. The minimum atomic E-state index is 0.216. The third-order valence-corrected chi connectivity index (χ3v) is 3.04. The summed E-state index contributed by atoms with van der Waals surface area (Å²) in [5.41, 5.74) is 1.06. The first-order valence-electron chi connectivity index (χ1n) is 5.97. The Morgan fingerprint density at radius 1 is 1.69 bits per heavy atom. The van der Waals surface area contributed by atoms with Crippen molar-refractivity contribution >= 4 is 5.91 Å². The molecule has 0 spiro atoms. The highest BCUT2D eigenvalue weighted by Crippen LogP contribution is 2.31. The van der Waals surface area contributed by atoms with Crippen LogP contribution in [0, 0.1) is 5.92 Å². The Hall–Kier alpha value is -1.32. The van der Waals surface area contributed by atoms with Crippen molar-refractivity contribution in [2.24, 2.45) is 5.92 Å². The van der Waals surface area contributed by atoms with Gasteiger partial charge < -0.3 is 4.90 Å². The zero-order valence-electron chi connectivity index (χ0n) is 9.94. The SMILES string of the molecule is CC(C)CC(=O)N1CCCC1c1ccn[nH]1. The molecule has 0 radical (unpaired) electrons. The molecule has 4 nitrogen and oxygen atoms in total. The molecule has 4 heteroatoms. The standard InChI is InChI=1S/C12H19N3O/c1-9(2)8-12(16)15-7-3-4-11(15)10-5-6-13-14-10/h5-6,9,11H,3-4,7-8H2,1-2H3,(H,13,14). The van der Waals surface area contributed by atoms with Gasteiger partial charge in [0.1, 0.15) is 0 Å². The Morgan fingerprint density at radius 2 is 2.50 bits per heavy atom. The minimum Gasteiger partial charge on any atom is -0.334 e. The van der Waals surface area contributed by atoms with Gasteiger partial charge in [0.15, 0.2) is 0 Å². The summed E-state index contributed by atoms with van der Waals surface area (Å²) in [5.74, 6) is 0.697. The number of hydrogen-bond donors (Lipinski definition) is 1. The van der Waals surface area contributed by atoms with Crippen LogP contribution < -0.4 is 0 Å². The van der Waals surface area contributed by atoms with Gasteiger partial charge in [-0.05, 0) is 24.8 Å². The van der Waals surface area contributed by atoms with Gasteiger partial charge in [-0.3, -0.25) is 9.89 Å². The van der Waals surface area contributed by atoms with Crippen LogP contribution in [0.15, 0.2) is 12.3 Å². The normalized spacial score (nSPS) is 20.7. The van der Waals surface area contributed by atoms with E-state index in [1.807, 2.05) is 11.0 Å². The van der Waals surface area contributed by atoms with E-state index in [9.17, 15) is 4.79 Å². The van der Waals surface area contributed by atoms with E-state index in [-0.39, 0.29) is 11.9 Å². The molecule has 1 aliphatic rings. The van der Waals surface area contributed by atoms with Crippen molar-refractivity contribution in [3.05, 3.63) is 18.0 Å². The number of aromatic amines is 1. The van der Waals surface area contributed by atoms with E-state index in [1.165, 1.54) is 0 Å². The fraction of sp³-hybridized carbons (Fsp3) is 0.667. The van der Waals surface area contributed by atoms with Crippen LogP contribution in [0.2, 0.25) is 0 Å². The van der Waals surface area contributed by atoms with E-state index >= 15 is 0 Å². The number of hydrogen-bond acceptors (Lipinski definition) is 2. The van der Waals surface area contributed by atoms with E-state index in [0.29, 0.717) is 12.3 Å². The Morgan fingerprint density at radius 3 is 3.12 bits per heavy atom. The molecule has 16 heavy (non-hydrogen) atoms. The van der Waals surface area contributed by atoms with Crippen molar-refractivity contribution in [1.82, 2.24) is 15.1 Å². The third kappa shape index (κ3) is 2.26. The molecule has 1 N–H and O–H groups in total. The van der Waals surface area contributed by atoms with Crippen LogP contribution in [-0.4, -0.2) is 27.5 Å². The van der Waals surface area contributed by atoms with Gasteiger partial charge in [0.05, 0.1) is 11.7 Å². The third-order valence-electron chi connectivity index (χ3n) is 3.04. The van der Waals surface area contributed by atoms with Gasteiger partial charge in [-0.2, -0.15) is 5.10 Å². The lowest BCUT2D eigenvalue weighted by molar-refractivity contribution is -0.133. The number of carbonyl (C=O) groups excluding carboxylic acids is 1. The van der Waals surface area contributed by atoms with Crippen LogP contribution >= 0.6 is 0 Å². The average molecular weight is 221 g/mol. The van der Waals surface area contributed by atoms with Gasteiger partial charge in [0.25, 0.3) is 0 Å². The second-order valence-electron chi connectivity index (χ2n) is 4.86. The highest BCUT2D eigenvalue weighted by Gasteiger charge is 2.30. The topological polar surface area (TPSA) is 49.0 Å². The van der Waals surface area contributed by atoms with E-state index < -0.39 is 0 Å². The Kier molecular flexibility index (Phi) is 3.27. The fourth-order valence-electron chi connectivity index (χ4n) is 2.31. The van der Waals surface area contributed by atoms with E-state index in [0.717, 1.165) is 25.1 Å². The van der Waals surface area contributed by atoms with E-state index in [1.54, 1.807) is 6.20 Å². The molecule has 2 rings (SSSR count). The summed E-state index contributed by atoms with van der Waals surface area (Å²) >= 11 is 0. The van der Waals surface area contributed by atoms with Crippen LogP contribution in [0.4, 0.5) is 0 Å². The molecule has 1 aliphatic heterocycles. The summed E-state index contributed by atoms with van der Waals surface area (Å²) in [5, 5.41) is 6.93. The molecule has 1 atom stereocenters. The maximum Gasteiger partial charge on any atom is 0.223 e. The molecule has 1 amide bonds. The fourth-order valence-corrected chi connectivity index (χ4v) is 2.31. The Bertz CT molecular complexity index is 345. The van der Waals surface area contributed by atoms with Crippen LogP contribution in [0.5, 0.6) is 0 Å². The molecule has 0 bridgehead atoms. The smallest absolute Gasteiger partial charge is 0.223 e. The summed E-state index contributed by atoms with van der Waals surface area (Å²) in [6, 6.07) is 2.18. The maximum absolute atomic E-state index is 12.1. The highest BCUT2D eigenvalue weighted by molar-refractivity contribution is 5.77. The summed E-state index contributed by atoms with van der Waals surface area (Å²) in [6.07, 6.45) is 4.53.